The SMILES string of the molecule is C=C(C)C(=O)O.C=C(C)C(=O)O.CC(C)CC(O)(O)CCO. The lowest BCUT2D eigenvalue weighted by Gasteiger charge is -2.22. The topological polar surface area (TPSA) is 135 Å². The van der Waals surface area contributed by atoms with Crippen molar-refractivity contribution in [2.45, 2.75) is 46.3 Å². The van der Waals surface area contributed by atoms with E-state index in [2.05, 4.69) is 13.2 Å². The number of rotatable bonds is 6. The fraction of sp³-hybridized carbons (Fsp3) is 0.600. The van der Waals surface area contributed by atoms with E-state index in [1.54, 1.807) is 0 Å². The molecule has 0 aromatic rings. The van der Waals surface area contributed by atoms with Crippen molar-refractivity contribution in [3.05, 3.63) is 24.3 Å². The number of aliphatic hydroxyl groups is 3. The molecule has 0 spiro atoms. The molecule has 0 fully saturated rings. The minimum atomic E-state index is -1.68. The zero-order valence-electron chi connectivity index (χ0n) is 13.7. The van der Waals surface area contributed by atoms with Crippen molar-refractivity contribution in [2.24, 2.45) is 5.92 Å². The van der Waals surface area contributed by atoms with Gasteiger partial charge < -0.3 is 25.5 Å². The molecule has 0 aliphatic carbocycles. The maximum atomic E-state index is 9.60. The molecule has 0 aliphatic heterocycles. The first-order valence-electron chi connectivity index (χ1n) is 6.60. The van der Waals surface area contributed by atoms with Crippen LogP contribution >= 0.6 is 0 Å². The summed E-state index contributed by atoms with van der Waals surface area (Å²) in [5.41, 5.74) is 0.352. The second-order valence-electron chi connectivity index (χ2n) is 5.22. The van der Waals surface area contributed by atoms with Crippen LogP contribution in [-0.4, -0.2) is 49.9 Å². The summed E-state index contributed by atoms with van der Waals surface area (Å²) in [7, 11) is 0. The molecule has 0 bridgehead atoms. The third-order valence-electron chi connectivity index (χ3n) is 1.98. The number of hydrogen-bond donors (Lipinski definition) is 5. The molecule has 130 valence electrons. The first-order valence-corrected chi connectivity index (χ1v) is 6.60. The minimum Gasteiger partial charge on any atom is -0.478 e. The van der Waals surface area contributed by atoms with E-state index in [9.17, 15) is 9.59 Å². The number of carboxylic acid groups (broad SMARTS) is 2. The van der Waals surface area contributed by atoms with Crippen molar-refractivity contribution >= 4 is 11.9 Å². The maximum absolute atomic E-state index is 9.60. The fourth-order valence-electron chi connectivity index (χ4n) is 0.935. The lowest BCUT2D eigenvalue weighted by molar-refractivity contribution is -0.181. The van der Waals surface area contributed by atoms with Crippen molar-refractivity contribution < 1.29 is 35.1 Å². The highest BCUT2D eigenvalue weighted by Gasteiger charge is 2.22. The average Bonchev–Trinajstić information content (AvgIpc) is 2.27. The number of carbonyl (C=O) groups is 2. The highest BCUT2D eigenvalue weighted by Crippen LogP contribution is 2.16. The molecule has 22 heavy (non-hydrogen) atoms. The number of aliphatic carboxylic acids is 2. The van der Waals surface area contributed by atoms with Gasteiger partial charge in [0.1, 0.15) is 0 Å². The molecule has 0 amide bonds. The van der Waals surface area contributed by atoms with Crippen LogP contribution < -0.4 is 0 Å². The Hall–Kier alpha value is -1.70. The van der Waals surface area contributed by atoms with Crippen molar-refractivity contribution in [3.63, 3.8) is 0 Å². The van der Waals surface area contributed by atoms with E-state index in [1.807, 2.05) is 13.8 Å². The molecule has 0 atom stereocenters. The summed E-state index contributed by atoms with van der Waals surface area (Å²) in [5.74, 6) is -3.31. The fourth-order valence-corrected chi connectivity index (χ4v) is 0.935. The van der Waals surface area contributed by atoms with Gasteiger partial charge in [-0.2, -0.15) is 0 Å². The smallest absolute Gasteiger partial charge is 0.330 e. The summed E-state index contributed by atoms with van der Waals surface area (Å²) >= 11 is 0. The molecule has 0 saturated carbocycles. The van der Waals surface area contributed by atoms with Crippen LogP contribution in [0.5, 0.6) is 0 Å². The van der Waals surface area contributed by atoms with Crippen molar-refractivity contribution in [2.75, 3.05) is 6.61 Å². The van der Waals surface area contributed by atoms with E-state index < -0.39 is 17.7 Å². The molecule has 0 radical (unpaired) electrons. The van der Waals surface area contributed by atoms with E-state index in [0.29, 0.717) is 6.42 Å². The van der Waals surface area contributed by atoms with E-state index in [4.69, 9.17) is 25.5 Å². The molecule has 0 aromatic heterocycles. The molecule has 5 N–H and O–H groups in total. The molecule has 0 rings (SSSR count). The number of carboxylic acids is 2. The summed E-state index contributed by atoms with van der Waals surface area (Å²) in [6, 6.07) is 0. The molecule has 7 heteroatoms. The average molecular weight is 320 g/mol. The van der Waals surface area contributed by atoms with E-state index in [1.165, 1.54) is 13.8 Å². The third kappa shape index (κ3) is 23.4. The Balaban J connectivity index is -0.000000261. The normalized spacial score (nSPS) is 9.82. The predicted octanol–water partition coefficient (Wildman–Crippen LogP) is 1.39. The second kappa shape index (κ2) is 13.0. The zero-order chi connectivity index (χ0) is 18.5. The molecule has 7 nitrogen and oxygen atoms in total. The minimum absolute atomic E-state index is 0.0329. The van der Waals surface area contributed by atoms with Crippen molar-refractivity contribution in [1.29, 1.82) is 0 Å². The first kappa shape index (κ1) is 25.3. The largest absolute Gasteiger partial charge is 0.478 e. The van der Waals surface area contributed by atoms with E-state index in [-0.39, 0.29) is 30.1 Å². The molecule has 0 aliphatic rings. The number of aliphatic hydroxyl groups excluding tert-OH is 1. The summed E-state index contributed by atoms with van der Waals surface area (Å²) in [6.45, 7) is 12.8. The van der Waals surface area contributed by atoms with Gasteiger partial charge in [-0.25, -0.2) is 9.59 Å². The Labute approximate surface area is 131 Å². The maximum Gasteiger partial charge on any atom is 0.330 e. The van der Waals surface area contributed by atoms with Crippen LogP contribution in [0.2, 0.25) is 0 Å². The van der Waals surface area contributed by atoms with E-state index >= 15 is 0 Å². The zero-order valence-corrected chi connectivity index (χ0v) is 13.7. The van der Waals surface area contributed by atoms with Crippen molar-refractivity contribution in [1.82, 2.24) is 0 Å². The van der Waals surface area contributed by atoms with Gasteiger partial charge in [0, 0.05) is 30.6 Å². The lowest BCUT2D eigenvalue weighted by Crippen LogP contribution is -2.30. The Morgan fingerprint density at radius 2 is 1.27 bits per heavy atom. The molecule has 0 aromatic carbocycles. The standard InChI is InChI=1S/C7H16O3.2C4H6O2/c1-6(2)5-7(9,10)3-4-8;2*1-3(2)4(5)6/h6,8-10H,3-5H2,1-2H3;2*1H2,2H3,(H,5,6). The Kier molecular flexibility index (Phi) is 14.9. The van der Waals surface area contributed by atoms with Crippen LogP contribution in [0.25, 0.3) is 0 Å². The van der Waals surface area contributed by atoms with Gasteiger partial charge >= 0.3 is 11.9 Å². The summed E-state index contributed by atoms with van der Waals surface area (Å²) in [4.78, 5) is 19.2. The quantitative estimate of drug-likeness (QED) is 0.368. The summed E-state index contributed by atoms with van der Waals surface area (Å²) in [5, 5.41) is 42.3. The summed E-state index contributed by atoms with van der Waals surface area (Å²) < 4.78 is 0. The predicted molar refractivity (Wildman–Crippen MR) is 83.2 cm³/mol. The molecule has 0 heterocycles. The second-order valence-corrected chi connectivity index (χ2v) is 5.22. The van der Waals surface area contributed by atoms with E-state index in [0.717, 1.165) is 0 Å². The van der Waals surface area contributed by atoms with Crippen molar-refractivity contribution in [3.8, 4) is 0 Å². The third-order valence-corrected chi connectivity index (χ3v) is 1.98. The van der Waals surface area contributed by atoms with Crippen LogP contribution in [0, 0.1) is 5.92 Å². The lowest BCUT2D eigenvalue weighted by atomic mass is 10.0. The van der Waals surface area contributed by atoms with Crippen LogP contribution in [-0.2, 0) is 9.59 Å². The van der Waals surface area contributed by atoms with Crippen LogP contribution in [0.4, 0.5) is 0 Å². The first-order chi connectivity index (χ1) is 9.76. The molecular weight excluding hydrogens is 292 g/mol. The van der Waals surface area contributed by atoms with Gasteiger partial charge in [-0.05, 0) is 19.8 Å². The van der Waals surface area contributed by atoms with Gasteiger partial charge in [0.2, 0.25) is 0 Å². The molecule has 0 unspecified atom stereocenters. The van der Waals surface area contributed by atoms with Crippen LogP contribution in [0.15, 0.2) is 24.3 Å². The molecule has 0 saturated heterocycles. The van der Waals surface area contributed by atoms with Gasteiger partial charge in [-0.15, -0.1) is 0 Å². The summed E-state index contributed by atoms with van der Waals surface area (Å²) in [6.07, 6.45) is 0.346. The Morgan fingerprint density at radius 3 is 1.41 bits per heavy atom. The highest BCUT2D eigenvalue weighted by atomic mass is 16.5. The molecular formula is C15H28O7. The Bertz CT molecular complexity index is 322. The number of hydrogen-bond acceptors (Lipinski definition) is 5. The van der Waals surface area contributed by atoms with Gasteiger partial charge in [-0.1, -0.05) is 27.0 Å². The van der Waals surface area contributed by atoms with Gasteiger partial charge in [0.15, 0.2) is 5.79 Å². The Morgan fingerprint density at radius 1 is 1.00 bits per heavy atom. The van der Waals surface area contributed by atoms with Gasteiger partial charge in [0.05, 0.1) is 0 Å². The van der Waals surface area contributed by atoms with Crippen LogP contribution in [0.3, 0.4) is 0 Å². The monoisotopic (exact) mass is 320 g/mol. The van der Waals surface area contributed by atoms with Gasteiger partial charge in [0.25, 0.3) is 0 Å². The highest BCUT2D eigenvalue weighted by molar-refractivity contribution is 5.85. The van der Waals surface area contributed by atoms with Gasteiger partial charge in [-0.3, -0.25) is 0 Å². The van der Waals surface area contributed by atoms with Crippen LogP contribution in [0.1, 0.15) is 40.5 Å².